The number of nitrogens with zero attached hydrogens (tertiary/aromatic N) is 1. The minimum Gasteiger partial charge on any atom is -0.375 e. The van der Waals surface area contributed by atoms with E-state index in [1.165, 1.54) is 12.8 Å². The molecule has 13 heavy (non-hydrogen) atoms. The van der Waals surface area contributed by atoms with Crippen LogP contribution >= 0.6 is 11.9 Å². The zero-order valence-corrected chi connectivity index (χ0v) is 9.56. The predicted octanol–water partition coefficient (Wildman–Crippen LogP) is 2.93. The molecule has 1 aliphatic rings. The van der Waals surface area contributed by atoms with Gasteiger partial charge in [0.1, 0.15) is 0 Å². The van der Waals surface area contributed by atoms with E-state index in [1.807, 2.05) is 6.21 Å². The van der Waals surface area contributed by atoms with Gasteiger partial charge < -0.3 is 4.74 Å². The number of hydrogen-bond acceptors (Lipinski definition) is 3. The molecule has 1 aliphatic carbocycles. The standard InChI is InChI=1S/C10H19NOS/c1-10(2,3)13-11-6-7-12-8-9-4-5-9/h6,9H,4-5,7-8H2,1-3H3. The molecule has 0 aromatic carbocycles. The molecule has 0 saturated heterocycles. The average Bonchev–Trinajstić information content (AvgIpc) is 2.77. The Hall–Kier alpha value is -0.0200. The van der Waals surface area contributed by atoms with E-state index in [0.717, 1.165) is 12.5 Å². The van der Waals surface area contributed by atoms with Crippen LogP contribution in [-0.4, -0.2) is 24.2 Å². The van der Waals surface area contributed by atoms with Gasteiger partial charge in [0, 0.05) is 17.6 Å². The molecule has 0 aliphatic heterocycles. The van der Waals surface area contributed by atoms with E-state index in [9.17, 15) is 0 Å². The lowest BCUT2D eigenvalue weighted by Gasteiger charge is -2.12. The Morgan fingerprint density at radius 2 is 2.15 bits per heavy atom. The van der Waals surface area contributed by atoms with Gasteiger partial charge in [-0.15, -0.1) is 0 Å². The van der Waals surface area contributed by atoms with Gasteiger partial charge in [0.05, 0.1) is 6.61 Å². The maximum Gasteiger partial charge on any atom is 0.0825 e. The summed E-state index contributed by atoms with van der Waals surface area (Å²) in [7, 11) is 0. The predicted molar refractivity (Wildman–Crippen MR) is 59.4 cm³/mol. The van der Waals surface area contributed by atoms with Crippen molar-refractivity contribution in [3.8, 4) is 0 Å². The van der Waals surface area contributed by atoms with E-state index in [4.69, 9.17) is 4.74 Å². The average molecular weight is 201 g/mol. The first-order valence-electron chi connectivity index (χ1n) is 4.86. The van der Waals surface area contributed by atoms with Gasteiger partial charge in [0.2, 0.25) is 0 Å². The summed E-state index contributed by atoms with van der Waals surface area (Å²) >= 11 is 1.60. The van der Waals surface area contributed by atoms with E-state index in [0.29, 0.717) is 6.61 Å². The molecule has 0 atom stereocenters. The molecule has 0 unspecified atom stereocenters. The van der Waals surface area contributed by atoms with Crippen LogP contribution < -0.4 is 0 Å². The summed E-state index contributed by atoms with van der Waals surface area (Å²) in [5.41, 5.74) is 0. The molecule has 0 amide bonds. The number of rotatable bonds is 5. The third-order valence-corrected chi connectivity index (χ3v) is 2.45. The molecule has 0 spiro atoms. The van der Waals surface area contributed by atoms with Gasteiger partial charge in [-0.25, -0.2) is 4.40 Å². The first-order chi connectivity index (χ1) is 6.08. The van der Waals surface area contributed by atoms with Crippen molar-refractivity contribution in [2.75, 3.05) is 13.2 Å². The molecule has 0 aromatic heterocycles. The minimum atomic E-state index is 0.215. The summed E-state index contributed by atoms with van der Waals surface area (Å²) in [6, 6.07) is 0. The number of ether oxygens (including phenoxy) is 1. The van der Waals surface area contributed by atoms with Crippen molar-refractivity contribution in [3.63, 3.8) is 0 Å². The molecule has 0 bridgehead atoms. The van der Waals surface area contributed by atoms with Gasteiger partial charge in [-0.05, 0) is 51.5 Å². The second-order valence-corrected chi connectivity index (χ2v) is 6.09. The van der Waals surface area contributed by atoms with Gasteiger partial charge in [-0.1, -0.05) is 0 Å². The molecule has 0 aromatic rings. The second kappa shape index (κ2) is 5.01. The van der Waals surface area contributed by atoms with Crippen molar-refractivity contribution >= 4 is 18.2 Å². The second-order valence-electron chi connectivity index (χ2n) is 4.47. The maximum atomic E-state index is 5.41. The highest BCUT2D eigenvalue weighted by Gasteiger charge is 2.20. The van der Waals surface area contributed by atoms with E-state index in [-0.39, 0.29) is 4.75 Å². The fourth-order valence-electron chi connectivity index (χ4n) is 0.798. The Morgan fingerprint density at radius 1 is 1.46 bits per heavy atom. The summed E-state index contributed by atoms with van der Waals surface area (Å²) < 4.78 is 9.85. The van der Waals surface area contributed by atoms with Crippen LogP contribution in [0.4, 0.5) is 0 Å². The van der Waals surface area contributed by atoms with E-state index in [1.54, 1.807) is 11.9 Å². The molecule has 1 rings (SSSR count). The van der Waals surface area contributed by atoms with E-state index >= 15 is 0 Å². The molecule has 2 nitrogen and oxygen atoms in total. The van der Waals surface area contributed by atoms with Crippen LogP contribution in [0.25, 0.3) is 0 Å². The Balaban J connectivity index is 1.91. The van der Waals surface area contributed by atoms with Crippen LogP contribution in [0, 0.1) is 5.92 Å². The lowest BCUT2D eigenvalue weighted by atomic mass is 10.3. The third-order valence-electron chi connectivity index (χ3n) is 1.64. The van der Waals surface area contributed by atoms with Crippen LogP contribution in [0.5, 0.6) is 0 Å². The highest BCUT2D eigenvalue weighted by Crippen LogP contribution is 2.28. The van der Waals surface area contributed by atoms with E-state index in [2.05, 4.69) is 25.2 Å². The fraction of sp³-hybridized carbons (Fsp3) is 0.900. The quantitative estimate of drug-likeness (QED) is 0.387. The Kier molecular flexibility index (Phi) is 4.26. The largest absolute Gasteiger partial charge is 0.375 e. The topological polar surface area (TPSA) is 21.6 Å². The molecule has 0 N–H and O–H groups in total. The zero-order chi connectivity index (χ0) is 9.73. The maximum absolute atomic E-state index is 5.41. The molecule has 0 radical (unpaired) electrons. The van der Waals surface area contributed by atoms with Crippen LogP contribution in [0.1, 0.15) is 33.6 Å². The normalized spacial score (nSPS) is 18.4. The summed E-state index contributed by atoms with van der Waals surface area (Å²) in [6.45, 7) is 8.05. The smallest absolute Gasteiger partial charge is 0.0825 e. The van der Waals surface area contributed by atoms with Crippen LogP contribution in [-0.2, 0) is 4.74 Å². The van der Waals surface area contributed by atoms with E-state index < -0.39 is 0 Å². The SMILES string of the molecule is CC(C)(C)SN=CCOCC1CC1. The van der Waals surface area contributed by atoms with Gasteiger partial charge in [0.15, 0.2) is 0 Å². The highest BCUT2D eigenvalue weighted by atomic mass is 32.2. The third kappa shape index (κ3) is 7.08. The molecule has 0 heterocycles. The molecular formula is C10H19NOS. The van der Waals surface area contributed by atoms with Crippen molar-refractivity contribution in [3.05, 3.63) is 0 Å². The van der Waals surface area contributed by atoms with Gasteiger partial charge in [-0.3, -0.25) is 0 Å². The van der Waals surface area contributed by atoms with Crippen LogP contribution in [0.3, 0.4) is 0 Å². The molecule has 1 saturated carbocycles. The highest BCUT2D eigenvalue weighted by molar-refractivity contribution is 7.99. The zero-order valence-electron chi connectivity index (χ0n) is 8.75. The molecular weight excluding hydrogens is 182 g/mol. The first-order valence-corrected chi connectivity index (χ1v) is 5.63. The van der Waals surface area contributed by atoms with Gasteiger partial charge in [0.25, 0.3) is 0 Å². The lowest BCUT2D eigenvalue weighted by Crippen LogP contribution is -2.05. The number of hydrogen-bond donors (Lipinski definition) is 0. The van der Waals surface area contributed by atoms with Crippen molar-refractivity contribution in [2.24, 2.45) is 10.3 Å². The lowest BCUT2D eigenvalue weighted by molar-refractivity contribution is 0.163. The minimum absolute atomic E-state index is 0.215. The van der Waals surface area contributed by atoms with Gasteiger partial charge >= 0.3 is 0 Å². The van der Waals surface area contributed by atoms with Crippen LogP contribution in [0.2, 0.25) is 0 Å². The molecule has 76 valence electrons. The Labute approximate surface area is 85.3 Å². The first kappa shape index (κ1) is 11.1. The van der Waals surface area contributed by atoms with Crippen molar-refractivity contribution in [1.29, 1.82) is 0 Å². The molecule has 3 heteroatoms. The van der Waals surface area contributed by atoms with Crippen molar-refractivity contribution in [1.82, 2.24) is 0 Å². The monoisotopic (exact) mass is 201 g/mol. The summed E-state index contributed by atoms with van der Waals surface area (Å²) in [5.74, 6) is 0.851. The molecule has 1 fully saturated rings. The van der Waals surface area contributed by atoms with Gasteiger partial charge in [-0.2, -0.15) is 0 Å². The van der Waals surface area contributed by atoms with Crippen molar-refractivity contribution < 1.29 is 4.74 Å². The summed E-state index contributed by atoms with van der Waals surface area (Å²) in [5, 5.41) is 0. The van der Waals surface area contributed by atoms with Crippen molar-refractivity contribution in [2.45, 2.75) is 38.4 Å². The Bertz CT molecular complexity index is 170. The summed E-state index contributed by atoms with van der Waals surface area (Å²) in [6.07, 6.45) is 4.57. The Morgan fingerprint density at radius 3 is 2.69 bits per heavy atom. The van der Waals surface area contributed by atoms with Crippen LogP contribution in [0.15, 0.2) is 4.40 Å². The fourth-order valence-corrected chi connectivity index (χ4v) is 1.25. The summed E-state index contributed by atoms with van der Waals surface area (Å²) in [4.78, 5) is 0.